The summed E-state index contributed by atoms with van der Waals surface area (Å²) in [5, 5.41) is 3.64. The average Bonchev–Trinajstić information content (AvgIpc) is 3.04. The molecule has 1 aliphatic rings. The van der Waals surface area contributed by atoms with Crippen molar-refractivity contribution in [1.82, 2.24) is 5.32 Å². The van der Waals surface area contributed by atoms with Crippen LogP contribution >= 0.6 is 0 Å². The van der Waals surface area contributed by atoms with Gasteiger partial charge >= 0.3 is 0 Å². The average molecular weight is 213 g/mol. The molecule has 0 aromatic rings. The van der Waals surface area contributed by atoms with Crippen LogP contribution in [0.2, 0.25) is 0 Å². The molecule has 2 heteroatoms. The van der Waals surface area contributed by atoms with Crippen LogP contribution in [0.25, 0.3) is 0 Å². The molecule has 1 saturated carbocycles. The van der Waals surface area contributed by atoms with Crippen molar-refractivity contribution in [1.29, 1.82) is 0 Å². The molecule has 0 bridgehead atoms. The Morgan fingerprint density at radius 1 is 1.20 bits per heavy atom. The summed E-state index contributed by atoms with van der Waals surface area (Å²) in [6.07, 6.45) is 7.85. The maximum Gasteiger partial charge on any atom is 0.0480 e. The zero-order chi connectivity index (χ0) is 10.9. The van der Waals surface area contributed by atoms with Gasteiger partial charge in [0.25, 0.3) is 0 Å². The zero-order valence-corrected chi connectivity index (χ0v) is 10.4. The van der Waals surface area contributed by atoms with E-state index in [4.69, 9.17) is 4.74 Å². The number of ether oxygens (including phenoxy) is 1. The predicted molar refractivity (Wildman–Crippen MR) is 65.1 cm³/mol. The van der Waals surface area contributed by atoms with Crippen molar-refractivity contribution in [2.24, 2.45) is 5.92 Å². The Balaban J connectivity index is 2.04. The van der Waals surface area contributed by atoms with Crippen molar-refractivity contribution in [2.45, 2.75) is 58.4 Å². The van der Waals surface area contributed by atoms with E-state index in [1.54, 1.807) is 0 Å². The van der Waals surface area contributed by atoms with Crippen LogP contribution in [0.4, 0.5) is 0 Å². The molecule has 1 atom stereocenters. The van der Waals surface area contributed by atoms with Crippen LogP contribution in [0.3, 0.4) is 0 Å². The Kier molecular flexibility index (Phi) is 7.03. The predicted octanol–water partition coefficient (Wildman–Crippen LogP) is 2.97. The van der Waals surface area contributed by atoms with E-state index in [-0.39, 0.29) is 0 Å². The molecule has 0 spiro atoms. The van der Waals surface area contributed by atoms with E-state index in [1.165, 1.54) is 32.1 Å². The van der Waals surface area contributed by atoms with E-state index >= 15 is 0 Å². The summed E-state index contributed by atoms with van der Waals surface area (Å²) in [7, 11) is 0. The van der Waals surface area contributed by atoms with Gasteiger partial charge in [-0.15, -0.1) is 0 Å². The molecule has 0 heterocycles. The third-order valence-electron chi connectivity index (χ3n) is 2.96. The fourth-order valence-corrected chi connectivity index (χ4v) is 1.88. The molecule has 1 rings (SSSR count). The lowest BCUT2D eigenvalue weighted by Crippen LogP contribution is -2.31. The minimum Gasteiger partial charge on any atom is -0.381 e. The standard InChI is InChI=1S/C13H27NO/c1-3-8-14-13(11-12-5-6-12)7-10-15-9-4-2/h12-14H,3-11H2,1-2H3. The van der Waals surface area contributed by atoms with Gasteiger partial charge in [-0.25, -0.2) is 0 Å². The van der Waals surface area contributed by atoms with Crippen LogP contribution in [0.1, 0.15) is 52.4 Å². The molecule has 1 N–H and O–H groups in total. The van der Waals surface area contributed by atoms with Gasteiger partial charge in [-0.2, -0.15) is 0 Å². The number of nitrogens with one attached hydrogen (secondary N) is 1. The second kappa shape index (κ2) is 8.12. The largest absolute Gasteiger partial charge is 0.381 e. The van der Waals surface area contributed by atoms with E-state index in [9.17, 15) is 0 Å². The number of hydrogen-bond donors (Lipinski definition) is 1. The lowest BCUT2D eigenvalue weighted by molar-refractivity contribution is 0.123. The SMILES string of the molecule is CCCNC(CCOCCC)CC1CC1. The molecular formula is C13H27NO. The molecule has 0 amide bonds. The Bertz CT molecular complexity index is 145. The summed E-state index contributed by atoms with van der Waals surface area (Å²) in [5.74, 6) is 1.02. The van der Waals surface area contributed by atoms with Crippen molar-refractivity contribution in [3.8, 4) is 0 Å². The highest BCUT2D eigenvalue weighted by molar-refractivity contribution is 4.80. The smallest absolute Gasteiger partial charge is 0.0480 e. The van der Waals surface area contributed by atoms with Crippen LogP contribution in [0.15, 0.2) is 0 Å². The topological polar surface area (TPSA) is 21.3 Å². The first-order valence-corrected chi connectivity index (χ1v) is 6.68. The van der Waals surface area contributed by atoms with E-state index < -0.39 is 0 Å². The molecule has 0 aromatic heterocycles. The summed E-state index contributed by atoms with van der Waals surface area (Å²) in [6.45, 7) is 7.41. The van der Waals surface area contributed by atoms with E-state index in [2.05, 4.69) is 19.2 Å². The van der Waals surface area contributed by atoms with Crippen molar-refractivity contribution >= 4 is 0 Å². The normalized spacial score (nSPS) is 18.0. The van der Waals surface area contributed by atoms with Crippen molar-refractivity contribution in [2.75, 3.05) is 19.8 Å². The molecule has 0 radical (unpaired) electrons. The highest BCUT2D eigenvalue weighted by Crippen LogP contribution is 2.34. The highest BCUT2D eigenvalue weighted by Gasteiger charge is 2.24. The molecule has 1 aliphatic carbocycles. The maximum absolute atomic E-state index is 5.56. The lowest BCUT2D eigenvalue weighted by Gasteiger charge is -2.18. The van der Waals surface area contributed by atoms with E-state index in [0.717, 1.165) is 32.1 Å². The molecular weight excluding hydrogens is 186 g/mol. The van der Waals surface area contributed by atoms with Crippen molar-refractivity contribution in [3.63, 3.8) is 0 Å². The Labute approximate surface area is 94.8 Å². The highest BCUT2D eigenvalue weighted by atomic mass is 16.5. The van der Waals surface area contributed by atoms with Gasteiger partial charge in [0.1, 0.15) is 0 Å². The first-order chi connectivity index (χ1) is 7.36. The van der Waals surface area contributed by atoms with Gasteiger partial charge in [0.05, 0.1) is 0 Å². The van der Waals surface area contributed by atoms with E-state index in [0.29, 0.717) is 6.04 Å². The van der Waals surface area contributed by atoms with Crippen molar-refractivity contribution in [3.05, 3.63) is 0 Å². The molecule has 0 aromatic carbocycles. The molecule has 1 fully saturated rings. The van der Waals surface area contributed by atoms with Crippen molar-refractivity contribution < 1.29 is 4.74 Å². The molecule has 15 heavy (non-hydrogen) atoms. The van der Waals surface area contributed by atoms with E-state index in [1.807, 2.05) is 0 Å². The fraction of sp³-hybridized carbons (Fsp3) is 1.00. The van der Waals surface area contributed by atoms with Crippen LogP contribution in [0, 0.1) is 5.92 Å². The Morgan fingerprint density at radius 3 is 2.60 bits per heavy atom. The lowest BCUT2D eigenvalue weighted by atomic mass is 10.1. The summed E-state index contributed by atoms with van der Waals surface area (Å²) in [6, 6.07) is 0.703. The van der Waals surface area contributed by atoms with Gasteiger partial charge in [0.15, 0.2) is 0 Å². The van der Waals surface area contributed by atoms with Gasteiger partial charge in [-0.1, -0.05) is 26.7 Å². The maximum atomic E-state index is 5.56. The van der Waals surface area contributed by atoms with Crippen LogP contribution in [-0.4, -0.2) is 25.8 Å². The monoisotopic (exact) mass is 213 g/mol. The fourth-order valence-electron chi connectivity index (χ4n) is 1.88. The number of rotatable bonds is 10. The molecule has 2 nitrogen and oxygen atoms in total. The zero-order valence-electron chi connectivity index (χ0n) is 10.4. The van der Waals surface area contributed by atoms with Gasteiger partial charge in [0, 0.05) is 19.3 Å². The number of hydrogen-bond acceptors (Lipinski definition) is 2. The van der Waals surface area contributed by atoms with Gasteiger partial charge < -0.3 is 10.1 Å². The minimum atomic E-state index is 0.703. The second-order valence-corrected chi connectivity index (χ2v) is 4.73. The van der Waals surface area contributed by atoms with Crippen LogP contribution < -0.4 is 5.32 Å². The summed E-state index contributed by atoms with van der Waals surface area (Å²) in [4.78, 5) is 0. The summed E-state index contributed by atoms with van der Waals surface area (Å²) >= 11 is 0. The first-order valence-electron chi connectivity index (χ1n) is 6.68. The minimum absolute atomic E-state index is 0.703. The van der Waals surface area contributed by atoms with Crippen LogP contribution in [0.5, 0.6) is 0 Å². The first kappa shape index (κ1) is 13.0. The third kappa shape index (κ3) is 6.91. The Hall–Kier alpha value is -0.0800. The third-order valence-corrected chi connectivity index (χ3v) is 2.96. The second-order valence-electron chi connectivity index (χ2n) is 4.73. The quantitative estimate of drug-likeness (QED) is 0.563. The molecule has 0 aliphatic heterocycles. The summed E-state index contributed by atoms with van der Waals surface area (Å²) < 4.78 is 5.56. The molecule has 0 saturated heterocycles. The Morgan fingerprint density at radius 2 is 2.00 bits per heavy atom. The van der Waals surface area contributed by atoms with Gasteiger partial charge in [0.2, 0.25) is 0 Å². The molecule has 90 valence electrons. The van der Waals surface area contributed by atoms with Crippen LogP contribution in [-0.2, 0) is 4.74 Å². The molecule has 1 unspecified atom stereocenters. The summed E-state index contributed by atoms with van der Waals surface area (Å²) in [5.41, 5.74) is 0. The van der Waals surface area contributed by atoms with Gasteiger partial charge in [-0.3, -0.25) is 0 Å². The van der Waals surface area contributed by atoms with Gasteiger partial charge in [-0.05, 0) is 38.1 Å².